The summed E-state index contributed by atoms with van der Waals surface area (Å²) >= 11 is 0. The zero-order valence-electron chi connectivity index (χ0n) is 11.6. The highest BCUT2D eigenvalue weighted by molar-refractivity contribution is 7.91. The fourth-order valence-electron chi connectivity index (χ4n) is 2.48. The monoisotopic (exact) mass is 302 g/mol. The van der Waals surface area contributed by atoms with Gasteiger partial charge in [0, 0.05) is 23.1 Å². The lowest BCUT2D eigenvalue weighted by atomic mass is 10.2. The van der Waals surface area contributed by atoms with E-state index in [1.807, 2.05) is 54.6 Å². The third-order valence-electron chi connectivity index (χ3n) is 3.55. The normalized spacial score (nSPS) is 20.1. The van der Waals surface area contributed by atoms with Crippen molar-refractivity contribution in [3.05, 3.63) is 54.6 Å². The summed E-state index contributed by atoms with van der Waals surface area (Å²) in [6.45, 7) is 0. The molecule has 1 fully saturated rings. The lowest BCUT2D eigenvalue weighted by Gasteiger charge is -2.13. The summed E-state index contributed by atoms with van der Waals surface area (Å²) in [6, 6.07) is 17.9. The van der Waals surface area contributed by atoms with E-state index >= 15 is 0 Å². The van der Waals surface area contributed by atoms with Crippen LogP contribution in [-0.4, -0.2) is 26.0 Å². The van der Waals surface area contributed by atoms with Gasteiger partial charge in [-0.2, -0.15) is 0 Å². The Morgan fingerprint density at radius 1 is 0.857 bits per heavy atom. The van der Waals surface area contributed by atoms with Crippen LogP contribution >= 0.6 is 0 Å². The van der Waals surface area contributed by atoms with Gasteiger partial charge in [0.15, 0.2) is 9.84 Å². The smallest absolute Gasteiger partial charge is 0.152 e. The Balaban J connectivity index is 1.62. The molecule has 1 heterocycles. The van der Waals surface area contributed by atoms with Gasteiger partial charge in [0.25, 0.3) is 0 Å². The second-order valence-electron chi connectivity index (χ2n) is 5.31. The first-order chi connectivity index (χ1) is 10.1. The topological polar surface area (TPSA) is 58.2 Å². The minimum atomic E-state index is -2.84. The summed E-state index contributed by atoms with van der Waals surface area (Å²) in [5.41, 5.74) is 3.00. The first-order valence-electron chi connectivity index (χ1n) is 7.00. The van der Waals surface area contributed by atoms with Gasteiger partial charge in [-0.3, -0.25) is 0 Å². The van der Waals surface area contributed by atoms with Crippen LogP contribution in [0.15, 0.2) is 54.6 Å². The minimum Gasteiger partial charge on any atom is -0.381 e. The number of hydrogen-bond acceptors (Lipinski definition) is 4. The van der Waals surface area contributed by atoms with Gasteiger partial charge < -0.3 is 10.6 Å². The zero-order valence-corrected chi connectivity index (χ0v) is 12.4. The standard InChI is InChI=1S/C16H18N2O2S/c19-21(20)11-10-16(12-21)18-15-8-6-14(7-9-15)17-13-4-2-1-3-5-13/h1-9,16-18H,10-12H2/t16-/m1/s1. The van der Waals surface area contributed by atoms with Crippen molar-refractivity contribution >= 4 is 26.9 Å². The fraction of sp³-hybridized carbons (Fsp3) is 0.250. The minimum absolute atomic E-state index is 0.0305. The van der Waals surface area contributed by atoms with E-state index in [1.165, 1.54) is 0 Å². The molecule has 1 aliphatic rings. The van der Waals surface area contributed by atoms with Crippen LogP contribution in [0.3, 0.4) is 0 Å². The number of nitrogens with one attached hydrogen (secondary N) is 2. The Morgan fingerprint density at radius 2 is 1.48 bits per heavy atom. The number of para-hydroxylation sites is 1. The van der Waals surface area contributed by atoms with Gasteiger partial charge in [-0.15, -0.1) is 0 Å². The van der Waals surface area contributed by atoms with Crippen molar-refractivity contribution < 1.29 is 8.42 Å². The summed E-state index contributed by atoms with van der Waals surface area (Å²) in [7, 11) is -2.84. The van der Waals surface area contributed by atoms with Crippen molar-refractivity contribution in [3.8, 4) is 0 Å². The lowest BCUT2D eigenvalue weighted by molar-refractivity contribution is 0.602. The van der Waals surface area contributed by atoms with Crippen molar-refractivity contribution in [3.63, 3.8) is 0 Å². The zero-order chi connectivity index (χ0) is 14.7. The van der Waals surface area contributed by atoms with Crippen LogP contribution in [0.4, 0.5) is 17.1 Å². The Hall–Kier alpha value is -2.01. The van der Waals surface area contributed by atoms with Crippen molar-refractivity contribution in [2.24, 2.45) is 0 Å². The molecule has 2 N–H and O–H groups in total. The van der Waals surface area contributed by atoms with Crippen LogP contribution < -0.4 is 10.6 Å². The maximum absolute atomic E-state index is 11.4. The first-order valence-corrected chi connectivity index (χ1v) is 8.82. The van der Waals surface area contributed by atoms with Gasteiger partial charge in [0.05, 0.1) is 11.5 Å². The quantitative estimate of drug-likeness (QED) is 0.911. The molecule has 2 aromatic rings. The third kappa shape index (κ3) is 3.76. The predicted octanol–water partition coefficient (Wildman–Crippen LogP) is 3.03. The highest BCUT2D eigenvalue weighted by Gasteiger charge is 2.27. The van der Waals surface area contributed by atoms with Gasteiger partial charge >= 0.3 is 0 Å². The Labute approximate surface area is 125 Å². The average Bonchev–Trinajstić information content (AvgIpc) is 2.81. The molecule has 21 heavy (non-hydrogen) atoms. The molecule has 5 heteroatoms. The predicted molar refractivity (Wildman–Crippen MR) is 86.8 cm³/mol. The molecule has 1 aliphatic heterocycles. The molecule has 0 spiro atoms. The maximum Gasteiger partial charge on any atom is 0.152 e. The Kier molecular flexibility index (Phi) is 3.84. The van der Waals surface area contributed by atoms with E-state index in [-0.39, 0.29) is 17.5 Å². The first kappa shape index (κ1) is 13.9. The molecule has 4 nitrogen and oxygen atoms in total. The fourth-order valence-corrected chi connectivity index (χ4v) is 4.16. The van der Waals surface area contributed by atoms with Crippen LogP contribution in [0, 0.1) is 0 Å². The summed E-state index contributed by atoms with van der Waals surface area (Å²) in [4.78, 5) is 0. The molecule has 0 aromatic heterocycles. The van der Waals surface area contributed by atoms with Crippen molar-refractivity contribution in [1.82, 2.24) is 0 Å². The molecule has 3 rings (SSSR count). The van der Waals surface area contributed by atoms with Crippen LogP contribution in [-0.2, 0) is 9.84 Å². The molecule has 0 unspecified atom stereocenters. The van der Waals surface area contributed by atoms with Gasteiger partial charge in [0.1, 0.15) is 0 Å². The number of rotatable bonds is 4. The summed E-state index contributed by atoms with van der Waals surface area (Å²) in [5, 5.41) is 6.59. The summed E-state index contributed by atoms with van der Waals surface area (Å²) < 4.78 is 22.9. The molecule has 1 saturated heterocycles. The van der Waals surface area contributed by atoms with Gasteiger partial charge in [-0.05, 0) is 42.8 Å². The van der Waals surface area contributed by atoms with Crippen molar-refractivity contribution in [2.75, 3.05) is 22.1 Å². The molecule has 0 amide bonds. The SMILES string of the molecule is O=S1(=O)CC[C@@H](Nc2ccc(Nc3ccccc3)cc2)C1. The van der Waals surface area contributed by atoms with E-state index < -0.39 is 9.84 Å². The van der Waals surface area contributed by atoms with Crippen molar-refractivity contribution in [2.45, 2.75) is 12.5 Å². The van der Waals surface area contributed by atoms with E-state index in [4.69, 9.17) is 0 Å². The third-order valence-corrected chi connectivity index (χ3v) is 5.32. The van der Waals surface area contributed by atoms with Crippen molar-refractivity contribution in [1.29, 1.82) is 0 Å². The number of benzene rings is 2. The van der Waals surface area contributed by atoms with E-state index in [0.717, 1.165) is 17.1 Å². The second-order valence-corrected chi connectivity index (χ2v) is 7.54. The van der Waals surface area contributed by atoms with Crippen LogP contribution in [0.5, 0.6) is 0 Å². The molecule has 0 radical (unpaired) electrons. The van der Waals surface area contributed by atoms with Crippen LogP contribution in [0.2, 0.25) is 0 Å². The highest BCUT2D eigenvalue weighted by atomic mass is 32.2. The Bertz CT molecular complexity index is 697. The van der Waals surface area contributed by atoms with E-state index in [9.17, 15) is 8.42 Å². The second kappa shape index (κ2) is 5.77. The van der Waals surface area contributed by atoms with Crippen LogP contribution in [0.1, 0.15) is 6.42 Å². The molecular weight excluding hydrogens is 284 g/mol. The van der Waals surface area contributed by atoms with Gasteiger partial charge in [-0.1, -0.05) is 18.2 Å². The van der Waals surface area contributed by atoms with E-state index in [0.29, 0.717) is 6.42 Å². The number of hydrogen-bond donors (Lipinski definition) is 2. The van der Waals surface area contributed by atoms with Crippen LogP contribution in [0.25, 0.3) is 0 Å². The lowest BCUT2D eigenvalue weighted by Crippen LogP contribution is -2.20. The molecular formula is C16H18N2O2S. The molecule has 0 saturated carbocycles. The van der Waals surface area contributed by atoms with Gasteiger partial charge in [0.2, 0.25) is 0 Å². The van der Waals surface area contributed by atoms with E-state index in [2.05, 4.69) is 10.6 Å². The Morgan fingerprint density at radius 3 is 2.10 bits per heavy atom. The average molecular weight is 302 g/mol. The number of sulfone groups is 1. The maximum atomic E-state index is 11.4. The molecule has 1 atom stereocenters. The molecule has 2 aromatic carbocycles. The largest absolute Gasteiger partial charge is 0.381 e. The highest BCUT2D eigenvalue weighted by Crippen LogP contribution is 2.21. The van der Waals surface area contributed by atoms with Gasteiger partial charge in [-0.25, -0.2) is 8.42 Å². The van der Waals surface area contributed by atoms with E-state index in [1.54, 1.807) is 0 Å². The number of anilines is 3. The summed E-state index contributed by atoms with van der Waals surface area (Å²) in [6.07, 6.45) is 0.687. The molecule has 0 bridgehead atoms. The molecule has 110 valence electrons. The summed E-state index contributed by atoms with van der Waals surface area (Å²) in [5.74, 6) is 0.523. The molecule has 0 aliphatic carbocycles.